The minimum absolute atomic E-state index is 0.0693. The molecule has 0 fully saturated rings. The van der Waals surface area contributed by atoms with Gasteiger partial charge in [-0.25, -0.2) is 0 Å². The number of hydrogen-bond donors (Lipinski definition) is 1. The minimum atomic E-state index is -0.0693. The summed E-state index contributed by atoms with van der Waals surface area (Å²) in [6.45, 7) is 1.06. The fourth-order valence-corrected chi connectivity index (χ4v) is 1.48. The van der Waals surface area contributed by atoms with E-state index in [1.165, 1.54) is 0 Å². The van der Waals surface area contributed by atoms with Crippen LogP contribution in [0.2, 0.25) is 0 Å². The summed E-state index contributed by atoms with van der Waals surface area (Å²) in [7, 11) is 3.33. The van der Waals surface area contributed by atoms with Crippen molar-refractivity contribution in [3.63, 3.8) is 0 Å². The van der Waals surface area contributed by atoms with E-state index < -0.39 is 0 Å². The first-order valence-electron chi connectivity index (χ1n) is 5.20. The highest BCUT2D eigenvalue weighted by Crippen LogP contribution is 2.07. The predicted octanol–water partition coefficient (Wildman–Crippen LogP) is 1.04. The van der Waals surface area contributed by atoms with Crippen molar-refractivity contribution in [1.82, 2.24) is 4.90 Å². The Bertz CT molecular complexity index is 421. The van der Waals surface area contributed by atoms with E-state index in [0.717, 1.165) is 0 Å². The summed E-state index contributed by atoms with van der Waals surface area (Å²) in [6, 6.07) is 7.00. The SMILES string of the molecule is COCCN(C)C(=O)c1cccc(C(N)=S)c1. The van der Waals surface area contributed by atoms with Gasteiger partial charge in [-0.3, -0.25) is 4.79 Å². The number of methoxy groups -OCH3 is 1. The van der Waals surface area contributed by atoms with E-state index in [1.54, 1.807) is 43.3 Å². The Morgan fingerprint density at radius 2 is 2.12 bits per heavy atom. The maximum atomic E-state index is 12.0. The molecular weight excluding hydrogens is 236 g/mol. The predicted molar refractivity (Wildman–Crippen MR) is 71.2 cm³/mol. The van der Waals surface area contributed by atoms with Crippen LogP contribution < -0.4 is 5.73 Å². The van der Waals surface area contributed by atoms with Gasteiger partial charge in [0.2, 0.25) is 0 Å². The molecule has 0 unspecified atom stereocenters. The van der Waals surface area contributed by atoms with Crippen molar-refractivity contribution in [1.29, 1.82) is 0 Å². The summed E-state index contributed by atoms with van der Waals surface area (Å²) in [5.74, 6) is -0.0693. The Morgan fingerprint density at radius 3 is 2.71 bits per heavy atom. The third-order valence-electron chi connectivity index (χ3n) is 2.37. The van der Waals surface area contributed by atoms with Crippen LogP contribution in [-0.2, 0) is 4.74 Å². The minimum Gasteiger partial charge on any atom is -0.389 e. The molecule has 1 aromatic carbocycles. The molecule has 0 saturated heterocycles. The summed E-state index contributed by atoms with van der Waals surface area (Å²) < 4.78 is 4.93. The molecule has 17 heavy (non-hydrogen) atoms. The van der Waals surface area contributed by atoms with E-state index in [1.807, 2.05) is 0 Å². The number of hydrogen-bond acceptors (Lipinski definition) is 3. The van der Waals surface area contributed by atoms with Crippen molar-refractivity contribution >= 4 is 23.1 Å². The molecule has 0 spiro atoms. The van der Waals surface area contributed by atoms with Gasteiger partial charge in [0, 0.05) is 31.8 Å². The number of amides is 1. The molecule has 0 bridgehead atoms. The first kappa shape index (κ1) is 13.6. The lowest BCUT2D eigenvalue weighted by molar-refractivity contribution is 0.0744. The Hall–Kier alpha value is -1.46. The van der Waals surface area contributed by atoms with Crippen LogP contribution in [0, 0.1) is 0 Å². The first-order chi connectivity index (χ1) is 8.06. The maximum Gasteiger partial charge on any atom is 0.253 e. The molecule has 5 heteroatoms. The molecule has 92 valence electrons. The molecule has 0 saturated carbocycles. The second-order valence-corrected chi connectivity index (χ2v) is 4.10. The zero-order valence-electron chi connectivity index (χ0n) is 9.97. The van der Waals surface area contributed by atoms with Gasteiger partial charge in [0.25, 0.3) is 5.91 Å². The zero-order chi connectivity index (χ0) is 12.8. The summed E-state index contributed by atoms with van der Waals surface area (Å²) in [5.41, 5.74) is 6.80. The molecule has 0 atom stereocenters. The first-order valence-corrected chi connectivity index (χ1v) is 5.61. The molecule has 1 amide bonds. The number of thiocarbonyl (C=S) groups is 1. The monoisotopic (exact) mass is 252 g/mol. The quantitative estimate of drug-likeness (QED) is 0.796. The van der Waals surface area contributed by atoms with Crippen molar-refractivity contribution in [2.75, 3.05) is 27.3 Å². The van der Waals surface area contributed by atoms with Gasteiger partial charge < -0.3 is 15.4 Å². The van der Waals surface area contributed by atoms with Crippen LogP contribution in [0.25, 0.3) is 0 Å². The average molecular weight is 252 g/mol. The van der Waals surface area contributed by atoms with Crippen molar-refractivity contribution in [3.8, 4) is 0 Å². The molecule has 0 heterocycles. The molecule has 0 aliphatic rings. The fourth-order valence-electron chi connectivity index (χ4n) is 1.36. The smallest absolute Gasteiger partial charge is 0.253 e. The topological polar surface area (TPSA) is 55.6 Å². The van der Waals surface area contributed by atoms with E-state index in [-0.39, 0.29) is 5.91 Å². The van der Waals surface area contributed by atoms with Gasteiger partial charge in [-0.2, -0.15) is 0 Å². The standard InChI is InChI=1S/C12H16N2O2S/c1-14(6-7-16-2)12(15)10-5-3-4-9(8-10)11(13)17/h3-5,8H,6-7H2,1-2H3,(H2,13,17). The Morgan fingerprint density at radius 1 is 1.47 bits per heavy atom. The second kappa shape index (κ2) is 6.32. The Kier molecular flexibility index (Phi) is 5.06. The number of likely N-dealkylation sites (N-methyl/N-ethyl adjacent to an activating group) is 1. The third kappa shape index (κ3) is 3.80. The zero-order valence-corrected chi connectivity index (χ0v) is 10.8. The Labute approximate surface area is 106 Å². The van der Waals surface area contributed by atoms with Crippen molar-refractivity contribution < 1.29 is 9.53 Å². The van der Waals surface area contributed by atoms with Crippen LogP contribution in [-0.4, -0.2) is 43.1 Å². The molecular formula is C12H16N2O2S. The number of ether oxygens (including phenoxy) is 1. The number of carbonyl (C=O) groups excluding carboxylic acids is 1. The van der Waals surface area contributed by atoms with Crippen molar-refractivity contribution in [2.24, 2.45) is 5.73 Å². The Balaban J connectivity index is 2.81. The molecule has 2 N–H and O–H groups in total. The second-order valence-electron chi connectivity index (χ2n) is 3.66. The van der Waals surface area contributed by atoms with Crippen LogP contribution in [0.4, 0.5) is 0 Å². The third-order valence-corrected chi connectivity index (χ3v) is 2.61. The molecule has 1 aromatic rings. The lowest BCUT2D eigenvalue weighted by atomic mass is 10.1. The molecule has 0 aromatic heterocycles. The molecule has 0 aliphatic heterocycles. The summed E-state index contributed by atoms with van der Waals surface area (Å²) in [4.78, 5) is 13.9. The lowest BCUT2D eigenvalue weighted by Crippen LogP contribution is -2.30. The van der Waals surface area contributed by atoms with E-state index in [2.05, 4.69) is 0 Å². The van der Waals surface area contributed by atoms with E-state index >= 15 is 0 Å². The van der Waals surface area contributed by atoms with E-state index in [4.69, 9.17) is 22.7 Å². The highest BCUT2D eigenvalue weighted by Gasteiger charge is 2.11. The van der Waals surface area contributed by atoms with Crippen LogP contribution >= 0.6 is 12.2 Å². The number of nitrogens with two attached hydrogens (primary N) is 1. The summed E-state index contributed by atoms with van der Waals surface area (Å²) in [5, 5.41) is 0. The molecule has 1 rings (SSSR count). The number of benzene rings is 1. The lowest BCUT2D eigenvalue weighted by Gasteiger charge is -2.16. The average Bonchev–Trinajstić information content (AvgIpc) is 2.35. The summed E-state index contributed by atoms with van der Waals surface area (Å²) >= 11 is 4.88. The van der Waals surface area contributed by atoms with Gasteiger partial charge in [-0.15, -0.1) is 0 Å². The van der Waals surface area contributed by atoms with Crippen LogP contribution in [0.3, 0.4) is 0 Å². The van der Waals surface area contributed by atoms with Gasteiger partial charge >= 0.3 is 0 Å². The van der Waals surface area contributed by atoms with Gasteiger partial charge in [0.1, 0.15) is 4.99 Å². The largest absolute Gasteiger partial charge is 0.389 e. The molecule has 0 aliphatic carbocycles. The number of carbonyl (C=O) groups is 1. The van der Waals surface area contributed by atoms with Gasteiger partial charge in [0.15, 0.2) is 0 Å². The van der Waals surface area contributed by atoms with Crippen molar-refractivity contribution in [3.05, 3.63) is 35.4 Å². The van der Waals surface area contributed by atoms with E-state index in [0.29, 0.717) is 29.3 Å². The number of nitrogens with zero attached hydrogens (tertiary/aromatic N) is 1. The van der Waals surface area contributed by atoms with Crippen LogP contribution in [0.1, 0.15) is 15.9 Å². The summed E-state index contributed by atoms with van der Waals surface area (Å²) in [6.07, 6.45) is 0. The maximum absolute atomic E-state index is 12.0. The highest BCUT2D eigenvalue weighted by atomic mass is 32.1. The van der Waals surface area contributed by atoms with E-state index in [9.17, 15) is 4.79 Å². The van der Waals surface area contributed by atoms with Gasteiger partial charge in [-0.05, 0) is 12.1 Å². The molecule has 0 radical (unpaired) electrons. The van der Waals surface area contributed by atoms with Crippen LogP contribution in [0.15, 0.2) is 24.3 Å². The highest BCUT2D eigenvalue weighted by molar-refractivity contribution is 7.80. The van der Waals surface area contributed by atoms with Gasteiger partial charge in [0.05, 0.1) is 6.61 Å². The van der Waals surface area contributed by atoms with Gasteiger partial charge in [-0.1, -0.05) is 24.4 Å². The van der Waals surface area contributed by atoms with Crippen LogP contribution in [0.5, 0.6) is 0 Å². The molecule has 4 nitrogen and oxygen atoms in total. The normalized spacial score (nSPS) is 10.0. The fraction of sp³-hybridized carbons (Fsp3) is 0.333. The van der Waals surface area contributed by atoms with Crippen molar-refractivity contribution in [2.45, 2.75) is 0 Å². The number of rotatable bonds is 5.